The monoisotopic (exact) mass is 539 g/mol. The van der Waals surface area contributed by atoms with E-state index in [4.69, 9.17) is 16.3 Å². The molecule has 0 radical (unpaired) electrons. The summed E-state index contributed by atoms with van der Waals surface area (Å²) in [6.07, 6.45) is 1.51. The number of halogens is 1. The largest absolute Gasteiger partial charge is 0.396 e. The second kappa shape index (κ2) is 10.3. The molecule has 2 aromatic carbocycles. The minimum atomic E-state index is -1.13. The molecule has 3 saturated heterocycles. The van der Waals surface area contributed by atoms with Gasteiger partial charge in [0.05, 0.1) is 28.1 Å². The maximum absolute atomic E-state index is 14.0. The van der Waals surface area contributed by atoms with Crippen LogP contribution in [0.2, 0.25) is 5.02 Å². The van der Waals surface area contributed by atoms with Crippen LogP contribution in [0.3, 0.4) is 0 Å². The molecule has 38 heavy (non-hydrogen) atoms. The minimum absolute atomic E-state index is 0.0107. The molecule has 3 N–H and O–H groups in total. The van der Waals surface area contributed by atoms with Gasteiger partial charge in [-0.3, -0.25) is 14.4 Å². The Balaban J connectivity index is 1.48. The number of likely N-dealkylation sites (tertiary alicyclic amines) is 1. The van der Waals surface area contributed by atoms with Crippen molar-refractivity contribution in [3.05, 3.63) is 65.2 Å². The lowest BCUT2D eigenvalue weighted by molar-refractivity contribution is -0.146. The van der Waals surface area contributed by atoms with Gasteiger partial charge in [-0.2, -0.15) is 0 Å². The highest BCUT2D eigenvalue weighted by atomic mass is 35.5. The van der Waals surface area contributed by atoms with Crippen molar-refractivity contribution in [1.82, 2.24) is 10.2 Å². The number of aliphatic hydroxyl groups excluding tert-OH is 1. The Labute approximate surface area is 227 Å². The van der Waals surface area contributed by atoms with Crippen molar-refractivity contribution in [3.63, 3.8) is 0 Å². The normalized spacial score (nSPS) is 31.4. The van der Waals surface area contributed by atoms with E-state index in [1.807, 2.05) is 44.2 Å². The van der Waals surface area contributed by atoms with Crippen LogP contribution in [0, 0.1) is 17.8 Å². The highest BCUT2D eigenvalue weighted by Gasteiger charge is 2.79. The van der Waals surface area contributed by atoms with Gasteiger partial charge in [0.1, 0.15) is 11.6 Å². The first-order valence-corrected chi connectivity index (χ1v) is 13.6. The van der Waals surface area contributed by atoms with E-state index in [9.17, 15) is 19.5 Å². The Kier molecular flexibility index (Phi) is 7.24. The number of hydrogen-bond acceptors (Lipinski definition) is 5. The van der Waals surface area contributed by atoms with E-state index in [0.29, 0.717) is 36.5 Å². The van der Waals surface area contributed by atoms with Gasteiger partial charge in [0, 0.05) is 19.7 Å². The topological polar surface area (TPSA) is 108 Å². The SMILES string of the molecule is CC1CC23O[C@@]1(C)[C@H](C(=O)NCc1ccccc1)[C@H]2C(=O)N(CCCCO)C3C(=O)Nc1ccccc1Cl. The Morgan fingerprint density at radius 2 is 1.82 bits per heavy atom. The highest BCUT2D eigenvalue weighted by molar-refractivity contribution is 6.33. The fourth-order valence-corrected chi connectivity index (χ4v) is 6.92. The van der Waals surface area contributed by atoms with Crippen molar-refractivity contribution in [2.24, 2.45) is 17.8 Å². The number of carbonyl (C=O) groups is 3. The second-order valence-electron chi connectivity index (χ2n) is 10.8. The molecule has 2 bridgehead atoms. The van der Waals surface area contributed by atoms with E-state index in [-0.39, 0.29) is 36.8 Å². The molecule has 3 aliphatic heterocycles. The van der Waals surface area contributed by atoms with E-state index >= 15 is 0 Å². The quantitative estimate of drug-likeness (QED) is 0.423. The molecule has 3 aliphatic rings. The summed E-state index contributed by atoms with van der Waals surface area (Å²) in [5, 5.41) is 15.6. The standard InChI is InChI=1S/C29H34ClN3O5/c1-18-16-29-23(22(28(18,2)38-29)25(35)31-17-19-10-4-3-5-11-19)27(37)33(14-8-9-15-34)24(29)26(36)32-21-13-7-6-12-20(21)30/h3-7,10-13,18,22-24,34H,8-9,14-17H2,1-2H3,(H,31,35)(H,32,36)/t18?,22-,23-,24?,28+,29?/m0/s1. The predicted octanol–water partition coefficient (Wildman–Crippen LogP) is 3.38. The third-order valence-corrected chi connectivity index (χ3v) is 8.92. The molecule has 9 heteroatoms. The minimum Gasteiger partial charge on any atom is -0.396 e. The number of unbranched alkanes of at least 4 members (excludes halogenated alkanes) is 1. The van der Waals surface area contributed by atoms with Gasteiger partial charge < -0.3 is 25.4 Å². The van der Waals surface area contributed by atoms with Crippen LogP contribution in [0.15, 0.2) is 54.6 Å². The number of fused-ring (bicyclic) bond motifs is 1. The first-order chi connectivity index (χ1) is 18.2. The van der Waals surface area contributed by atoms with Gasteiger partial charge >= 0.3 is 0 Å². The average Bonchev–Trinajstić information content (AvgIpc) is 3.41. The van der Waals surface area contributed by atoms with Crippen molar-refractivity contribution >= 4 is 35.0 Å². The molecule has 0 aliphatic carbocycles. The summed E-state index contributed by atoms with van der Waals surface area (Å²) in [6, 6.07) is 15.6. The van der Waals surface area contributed by atoms with E-state index in [1.165, 1.54) is 0 Å². The third-order valence-electron chi connectivity index (χ3n) is 8.59. The van der Waals surface area contributed by atoms with Crippen LogP contribution < -0.4 is 10.6 Å². The molecular formula is C29H34ClN3O5. The molecule has 0 aromatic heterocycles. The zero-order chi connectivity index (χ0) is 27.1. The molecule has 3 fully saturated rings. The van der Waals surface area contributed by atoms with Crippen LogP contribution in [-0.2, 0) is 25.7 Å². The number of amides is 3. The molecule has 8 nitrogen and oxygen atoms in total. The summed E-state index contributed by atoms with van der Waals surface area (Å²) < 4.78 is 6.71. The van der Waals surface area contributed by atoms with Gasteiger partial charge in [-0.1, -0.05) is 61.0 Å². The summed E-state index contributed by atoms with van der Waals surface area (Å²) in [5.74, 6) is -2.45. The van der Waals surface area contributed by atoms with Gasteiger partial charge in [0.25, 0.3) is 0 Å². The van der Waals surface area contributed by atoms with Gasteiger partial charge in [0.2, 0.25) is 17.7 Å². The summed E-state index contributed by atoms with van der Waals surface area (Å²) >= 11 is 6.32. The van der Waals surface area contributed by atoms with Crippen LogP contribution >= 0.6 is 11.6 Å². The zero-order valence-corrected chi connectivity index (χ0v) is 22.4. The zero-order valence-electron chi connectivity index (χ0n) is 21.7. The number of rotatable bonds is 9. The van der Waals surface area contributed by atoms with Crippen LogP contribution in [0.5, 0.6) is 0 Å². The Morgan fingerprint density at radius 1 is 1.11 bits per heavy atom. The van der Waals surface area contributed by atoms with Gasteiger partial charge in [-0.25, -0.2) is 0 Å². The van der Waals surface area contributed by atoms with E-state index in [1.54, 1.807) is 29.2 Å². The number of aliphatic hydroxyl groups is 1. The Morgan fingerprint density at radius 3 is 2.53 bits per heavy atom. The summed E-state index contributed by atoms with van der Waals surface area (Å²) in [5.41, 5.74) is -0.616. The number of carbonyl (C=O) groups excluding carboxylic acids is 3. The fourth-order valence-electron chi connectivity index (χ4n) is 6.73. The molecule has 3 amide bonds. The molecule has 1 spiro atoms. The predicted molar refractivity (Wildman–Crippen MR) is 143 cm³/mol. The van der Waals surface area contributed by atoms with E-state index in [2.05, 4.69) is 10.6 Å². The number of ether oxygens (including phenoxy) is 1. The van der Waals surface area contributed by atoms with Crippen LogP contribution in [0.25, 0.3) is 0 Å². The Bertz CT molecular complexity index is 1230. The van der Waals surface area contributed by atoms with Gasteiger partial charge in [-0.05, 0) is 49.8 Å². The molecule has 3 unspecified atom stereocenters. The van der Waals surface area contributed by atoms with Crippen molar-refractivity contribution in [1.29, 1.82) is 0 Å². The number of hydrogen-bond donors (Lipinski definition) is 3. The summed E-state index contributed by atoms with van der Waals surface area (Å²) in [6.45, 7) is 4.52. The molecule has 3 heterocycles. The average molecular weight is 540 g/mol. The molecule has 6 atom stereocenters. The number of benzene rings is 2. The fraction of sp³-hybridized carbons (Fsp3) is 0.483. The summed E-state index contributed by atoms with van der Waals surface area (Å²) in [4.78, 5) is 43.2. The van der Waals surface area contributed by atoms with Crippen molar-refractivity contribution < 1.29 is 24.2 Å². The molecule has 202 valence electrons. The molecule has 0 saturated carbocycles. The first kappa shape index (κ1) is 26.7. The van der Waals surface area contributed by atoms with Crippen LogP contribution in [0.1, 0.15) is 38.7 Å². The second-order valence-corrected chi connectivity index (χ2v) is 11.2. The van der Waals surface area contributed by atoms with Crippen molar-refractivity contribution in [2.45, 2.75) is 56.9 Å². The van der Waals surface area contributed by atoms with Gasteiger partial charge in [-0.15, -0.1) is 0 Å². The number of nitrogens with one attached hydrogen (secondary N) is 2. The van der Waals surface area contributed by atoms with Crippen LogP contribution in [-0.4, -0.2) is 58.1 Å². The lowest BCUT2D eigenvalue weighted by Gasteiger charge is -2.36. The maximum Gasteiger partial charge on any atom is 0.250 e. The van der Waals surface area contributed by atoms with E-state index < -0.39 is 29.1 Å². The molecule has 5 rings (SSSR count). The van der Waals surface area contributed by atoms with Gasteiger partial charge in [0.15, 0.2) is 0 Å². The smallest absolute Gasteiger partial charge is 0.250 e. The van der Waals surface area contributed by atoms with E-state index in [0.717, 1.165) is 5.56 Å². The maximum atomic E-state index is 14.0. The third kappa shape index (κ3) is 4.28. The highest BCUT2D eigenvalue weighted by Crippen LogP contribution is 2.65. The van der Waals surface area contributed by atoms with Crippen molar-refractivity contribution in [2.75, 3.05) is 18.5 Å². The lowest BCUT2D eigenvalue weighted by atomic mass is 9.62. The molecular weight excluding hydrogens is 506 g/mol. The number of nitrogens with zero attached hydrogens (tertiary/aromatic N) is 1. The number of para-hydroxylation sites is 1. The molecule has 2 aromatic rings. The Hall–Kier alpha value is -2.94. The number of anilines is 1. The lowest BCUT2D eigenvalue weighted by Crippen LogP contribution is -2.54. The summed E-state index contributed by atoms with van der Waals surface area (Å²) in [7, 11) is 0. The van der Waals surface area contributed by atoms with Crippen molar-refractivity contribution in [3.8, 4) is 0 Å². The van der Waals surface area contributed by atoms with Crippen LogP contribution in [0.4, 0.5) is 5.69 Å². The first-order valence-electron chi connectivity index (χ1n) is 13.2.